The fourth-order valence-corrected chi connectivity index (χ4v) is 14.7. The van der Waals surface area contributed by atoms with Gasteiger partial charge in [-0.25, -0.2) is 28.3 Å². The number of piperidine rings is 2. The van der Waals surface area contributed by atoms with Crippen LogP contribution in [0.1, 0.15) is 194 Å². The molecule has 590 valence electrons. The number of urea groups is 2. The molecular weight excluding hydrogens is 1390 g/mol. The lowest BCUT2D eigenvalue weighted by Gasteiger charge is -2.32. The number of carbonyl (C=O) groups excluding carboxylic acids is 5. The first kappa shape index (κ1) is 84.4. The Bertz CT molecular complexity index is 3610. The molecule has 28 nitrogen and oxygen atoms in total. The van der Waals surface area contributed by atoms with E-state index >= 15 is 4.39 Å². The summed E-state index contributed by atoms with van der Waals surface area (Å²) in [6.07, 6.45) is 21.0. The Kier molecular flexibility index (Phi) is 36.1. The molecule has 0 unspecified atom stereocenters. The highest BCUT2D eigenvalue weighted by Crippen LogP contribution is 2.35. The lowest BCUT2D eigenvalue weighted by Crippen LogP contribution is -2.38. The second kappa shape index (κ2) is 46.2. The van der Waals surface area contributed by atoms with Crippen LogP contribution in [0.3, 0.4) is 0 Å². The maximum Gasteiger partial charge on any atom is 0.320 e. The average Bonchev–Trinajstić information content (AvgIpc) is 1.20. The lowest BCUT2D eigenvalue weighted by atomic mass is 9.93. The van der Waals surface area contributed by atoms with Crippen molar-refractivity contribution in [3.05, 3.63) is 127 Å². The van der Waals surface area contributed by atoms with E-state index in [0.29, 0.717) is 108 Å². The van der Waals surface area contributed by atoms with Crippen molar-refractivity contribution < 1.29 is 67.1 Å². The van der Waals surface area contributed by atoms with Gasteiger partial charge in [-0.05, 0) is 217 Å². The van der Waals surface area contributed by atoms with Crippen molar-refractivity contribution in [1.82, 2.24) is 39.4 Å². The molecule has 5 N–H and O–H groups in total. The Hall–Kier alpha value is -9.24. The van der Waals surface area contributed by atoms with Gasteiger partial charge in [-0.3, -0.25) is 19.2 Å². The Morgan fingerprint density at radius 3 is 1.59 bits per heavy atom. The summed E-state index contributed by atoms with van der Waals surface area (Å²) >= 11 is 0. The molecule has 0 aliphatic carbocycles. The van der Waals surface area contributed by atoms with Crippen LogP contribution in [-0.4, -0.2) is 215 Å². The van der Waals surface area contributed by atoms with E-state index < -0.39 is 41.4 Å². The first-order valence-corrected chi connectivity index (χ1v) is 39.2. The highest BCUT2D eigenvalue weighted by atomic mass is 19.1. The predicted molar refractivity (Wildman–Crippen MR) is 405 cm³/mol. The summed E-state index contributed by atoms with van der Waals surface area (Å²) in [6, 6.07) is 14.9. The van der Waals surface area contributed by atoms with Crippen LogP contribution in [0.15, 0.2) is 70.9 Å². The number of amides is 6. The number of hydrogen-bond donors (Lipinski definition) is 5. The van der Waals surface area contributed by atoms with Crippen molar-refractivity contribution in [2.75, 3.05) is 135 Å². The zero-order valence-electron chi connectivity index (χ0n) is 62.9. The summed E-state index contributed by atoms with van der Waals surface area (Å²) in [5.41, 5.74) is 21.8. The Labute approximate surface area is 632 Å². The number of rotatable bonds is 35. The van der Waals surface area contributed by atoms with Crippen LogP contribution in [0.2, 0.25) is 0 Å². The van der Waals surface area contributed by atoms with E-state index in [1.807, 2.05) is 15.9 Å². The normalized spacial score (nSPS) is 16.9. The zero-order valence-corrected chi connectivity index (χ0v) is 62.9. The van der Waals surface area contributed by atoms with E-state index in [0.717, 1.165) is 191 Å². The molecule has 4 aromatic rings. The first-order chi connectivity index (χ1) is 52.5. The average molecular weight is 1500 g/mol. The molecule has 2 aromatic carbocycles. The van der Waals surface area contributed by atoms with E-state index in [9.17, 15) is 43.4 Å². The zero-order chi connectivity index (χ0) is 76.8. The highest BCUT2D eigenvalue weighted by Gasteiger charge is 2.38. The minimum atomic E-state index is -1.07. The van der Waals surface area contributed by atoms with Gasteiger partial charge in [0.05, 0.1) is 38.1 Å². The Balaban J connectivity index is 0.000000216. The van der Waals surface area contributed by atoms with Gasteiger partial charge < -0.3 is 69.6 Å². The smallest absolute Gasteiger partial charge is 0.320 e. The van der Waals surface area contributed by atoms with Crippen LogP contribution >= 0.6 is 0 Å². The number of likely N-dealkylation sites (tertiary alicyclic amines) is 2. The van der Waals surface area contributed by atoms with Gasteiger partial charge in [0.1, 0.15) is 11.6 Å². The van der Waals surface area contributed by atoms with Crippen molar-refractivity contribution >= 4 is 47.5 Å². The monoisotopic (exact) mass is 1500 g/mol. The molecule has 30 heteroatoms. The van der Waals surface area contributed by atoms with Gasteiger partial charge >= 0.3 is 24.0 Å². The molecule has 7 aliphatic rings. The molecule has 2 aromatic heterocycles. The number of benzene rings is 2. The molecule has 0 spiro atoms. The number of pyridine rings is 2. The number of aliphatic carboxylic acids is 1. The molecule has 7 aliphatic heterocycles. The number of nitrogens with zero attached hydrogens (tertiary/aromatic N) is 14. The number of phenols is 1. The number of aryl methyl sites for hydroxylation is 4. The van der Waals surface area contributed by atoms with Crippen molar-refractivity contribution in [3.8, 4) is 11.5 Å². The third-order valence-corrected chi connectivity index (χ3v) is 20.9. The predicted octanol–water partition coefficient (Wildman–Crippen LogP) is 13.3. The van der Waals surface area contributed by atoms with E-state index in [1.165, 1.54) is 59.2 Å². The number of anilines is 2. The molecule has 11 rings (SSSR count). The molecule has 5 saturated heterocycles. The number of aromatic hydroxyl groups is 1. The van der Waals surface area contributed by atoms with Crippen LogP contribution in [0, 0.1) is 23.5 Å². The largest absolute Gasteiger partial charge is 0.505 e. The molecule has 0 radical (unpaired) electrons. The van der Waals surface area contributed by atoms with Crippen LogP contribution < -0.4 is 15.4 Å². The summed E-state index contributed by atoms with van der Waals surface area (Å²) in [7, 11) is 0. The van der Waals surface area contributed by atoms with E-state index in [1.54, 1.807) is 27.7 Å². The number of hydrogen-bond acceptors (Lipinski definition) is 17. The minimum absolute atomic E-state index is 0.0797. The number of nitrogens with one attached hydrogen (secondary N) is 2. The quantitative estimate of drug-likeness (QED) is 0.00939. The van der Waals surface area contributed by atoms with Crippen LogP contribution in [-0.2, 0) is 54.3 Å². The van der Waals surface area contributed by atoms with Gasteiger partial charge in [0.25, 0.3) is 0 Å². The maximum absolute atomic E-state index is 15.3. The number of unbranched alkanes of at least 4 members (excludes halogenated alkanes) is 4. The Morgan fingerprint density at radius 1 is 0.630 bits per heavy atom. The van der Waals surface area contributed by atoms with Crippen LogP contribution in [0.5, 0.6) is 11.5 Å². The summed E-state index contributed by atoms with van der Waals surface area (Å²) in [5, 5.41) is 41.8. The summed E-state index contributed by atoms with van der Waals surface area (Å²) in [4.78, 5) is 100. The molecule has 5 fully saturated rings. The molecule has 0 bridgehead atoms. The fraction of sp³-hybridized carbons (Fsp3) is 0.641. The number of phenolic OH excluding ortho intramolecular Hbond substituents is 1. The molecule has 6 amide bonds. The lowest BCUT2D eigenvalue weighted by molar-refractivity contribution is -0.144. The fourth-order valence-electron chi connectivity index (χ4n) is 14.7. The van der Waals surface area contributed by atoms with Gasteiger partial charge in [0.2, 0.25) is 11.8 Å². The number of esters is 1. The maximum atomic E-state index is 15.3. The van der Waals surface area contributed by atoms with Gasteiger partial charge in [0.15, 0.2) is 23.1 Å². The Morgan fingerprint density at radius 2 is 1.13 bits per heavy atom. The molecule has 2 atom stereocenters. The number of carboxylic acid groups (broad SMARTS) is 1. The second-order valence-corrected chi connectivity index (χ2v) is 28.5. The third-order valence-electron chi connectivity index (χ3n) is 20.9. The van der Waals surface area contributed by atoms with Crippen molar-refractivity contribution in [2.45, 2.75) is 186 Å². The summed E-state index contributed by atoms with van der Waals surface area (Å²) < 4.78 is 45.1. The molecule has 0 saturated carbocycles. The number of fused-ring (bicyclic) bond motifs is 2. The van der Waals surface area contributed by atoms with E-state index in [2.05, 4.69) is 48.9 Å². The number of halogens is 2. The number of aliphatic hydroxyl groups excluding tert-OH is 1. The number of aromatic nitrogens is 2. The van der Waals surface area contributed by atoms with Gasteiger partial charge in [-0.2, -0.15) is 0 Å². The van der Waals surface area contributed by atoms with Gasteiger partial charge in [-0.15, -0.1) is 0 Å². The van der Waals surface area contributed by atoms with Crippen LogP contribution in [0.25, 0.3) is 20.9 Å². The topological polar surface area (TPSA) is 358 Å². The van der Waals surface area contributed by atoms with Gasteiger partial charge in [-0.1, -0.05) is 47.3 Å². The van der Waals surface area contributed by atoms with E-state index in [-0.39, 0.29) is 55.7 Å². The third kappa shape index (κ3) is 27.5. The number of carbonyl (C=O) groups is 6. The second-order valence-electron chi connectivity index (χ2n) is 28.5. The highest BCUT2D eigenvalue weighted by molar-refractivity contribution is 5.80. The molecule has 9 heterocycles. The molecule has 108 heavy (non-hydrogen) atoms. The van der Waals surface area contributed by atoms with Gasteiger partial charge in [0, 0.05) is 146 Å². The van der Waals surface area contributed by atoms with Crippen molar-refractivity contribution in [1.29, 1.82) is 0 Å². The first-order valence-electron chi connectivity index (χ1n) is 39.2. The SMILES string of the molecule is C1CCOC1.CCOC(=O)C[C@@H](c1ccc(O)c(F)c1)N1CCN(CCCc2ccc3c(n2)NCCC3)C1=O.[N-]=[N+]=NCCCCCC(=O)N1CCC(CCO)CC1.[N-]=[N+]=NCCCCCC(=O)N1CCC(CCOc2ccc([C@H](CC(=O)O)N3CCN(CCCc4ccc5c(n4)NCCC5)C3=O)cc2F)CC1. The number of ether oxygens (including phenoxy) is 3. The van der Waals surface area contributed by atoms with Crippen molar-refractivity contribution in [3.63, 3.8) is 0 Å². The standard InChI is InChI=1S/C36H49FN8O5.C25H31FN4O4.C13H24N4O2.C4H8O/c37-30-24-28(10-12-32(30)50-23-15-26-13-19-43(20-14-26)33(46)8-2-1-3-17-40-42-38)31(25-34(47)48)45-22-21-44(36(45)49)18-5-7-29-11-9-27-6-4-16-39-35(27)41-29;1-2-34-23(32)16-21(18-8-10-22(31)20(26)15-18)30-14-13-29(25(30)33)12-4-6-19-9-7-17-5-3-11-27-24(17)28-19;14-16-15-8-3-1-2-4-13(19)17-9-5-12(6-10-17)7-11-18;1-2-4-5-3-1/h9-12,24,26,31H,1-8,13-23,25H2,(H,39,41)(H,47,48);7-10,15,21,31H,2-6,11-14,16H2,1H3,(H,27,28);12,18H,1-11H2;1-4H2/t31-;21-;;/m00../s1. The number of carboxylic acids is 1. The molecular formula is C78H112F2N16O12. The van der Waals surface area contributed by atoms with E-state index in [4.69, 9.17) is 40.3 Å². The van der Waals surface area contributed by atoms with Crippen molar-refractivity contribution in [2.24, 2.45) is 22.1 Å². The minimum Gasteiger partial charge on any atom is -0.505 e. The van der Waals surface area contributed by atoms with Crippen LogP contribution in [0.4, 0.5) is 30.0 Å². The summed E-state index contributed by atoms with van der Waals surface area (Å²) in [6.45, 7) is 13.3. The summed E-state index contributed by atoms with van der Waals surface area (Å²) in [5.74, 6) is -0.00723. The number of azide groups is 2. The number of aliphatic hydroxyl groups is 1.